The number of piperazine rings is 1. The van der Waals surface area contributed by atoms with Gasteiger partial charge in [-0.15, -0.1) is 0 Å². The van der Waals surface area contributed by atoms with Crippen LogP contribution >= 0.6 is 38.5 Å². The number of carbonyl (C=O) groups excluding carboxylic acids is 1. The molecule has 0 radical (unpaired) electrons. The number of para-hydroxylation sites is 1. The summed E-state index contributed by atoms with van der Waals surface area (Å²) in [4.78, 5) is 17.2. The molecule has 0 aromatic heterocycles. The third-order valence-electron chi connectivity index (χ3n) is 5.98. The Hall–Kier alpha value is -3.03. The van der Waals surface area contributed by atoms with Crippen molar-refractivity contribution in [1.29, 1.82) is 5.26 Å². The molecule has 1 saturated heterocycles. The van der Waals surface area contributed by atoms with Crippen molar-refractivity contribution in [2.45, 2.75) is 13.5 Å². The Morgan fingerprint density at radius 2 is 1.76 bits per heavy atom. The van der Waals surface area contributed by atoms with Gasteiger partial charge in [0.25, 0.3) is 5.91 Å². The number of benzene rings is 3. The number of amides is 1. The lowest BCUT2D eigenvalue weighted by atomic mass is 10.1. The van der Waals surface area contributed by atoms with E-state index in [-0.39, 0.29) is 11.5 Å². The number of hydrogen-bond acceptors (Lipinski definition) is 5. The molecule has 6 nitrogen and oxygen atoms in total. The average molecular weight is 672 g/mol. The molecule has 1 heterocycles. The van der Waals surface area contributed by atoms with Crippen molar-refractivity contribution in [3.05, 3.63) is 91.5 Å². The van der Waals surface area contributed by atoms with E-state index < -0.39 is 0 Å². The van der Waals surface area contributed by atoms with Crippen LogP contribution < -0.4 is 14.4 Å². The van der Waals surface area contributed by atoms with Gasteiger partial charge in [0, 0.05) is 35.4 Å². The standard InChI is InChI=1S/C29H27BrIN3O3/c1-2-36-27-18-22(17-26(30)28(27)37-20-21-8-10-24(31)11-9-21)16-23(19-32)29(35)34-14-12-33(13-15-34)25-6-4-3-5-7-25/h3-11,16-18H,2,12-15,20H2,1H3/b23-16-. The van der Waals surface area contributed by atoms with Crippen molar-refractivity contribution >= 4 is 56.2 Å². The van der Waals surface area contributed by atoms with Crippen LogP contribution in [0.1, 0.15) is 18.1 Å². The molecule has 0 aliphatic carbocycles. The molecule has 4 rings (SSSR count). The Morgan fingerprint density at radius 3 is 2.41 bits per heavy atom. The van der Waals surface area contributed by atoms with Crippen molar-refractivity contribution in [1.82, 2.24) is 4.90 Å². The highest BCUT2D eigenvalue weighted by Gasteiger charge is 2.24. The topological polar surface area (TPSA) is 65.8 Å². The summed E-state index contributed by atoms with van der Waals surface area (Å²) in [5.74, 6) is 0.873. The van der Waals surface area contributed by atoms with Gasteiger partial charge in [-0.25, -0.2) is 0 Å². The summed E-state index contributed by atoms with van der Waals surface area (Å²) in [5.41, 5.74) is 2.96. The Morgan fingerprint density at radius 1 is 1.05 bits per heavy atom. The summed E-state index contributed by atoms with van der Waals surface area (Å²) in [6.07, 6.45) is 1.61. The molecule has 1 aliphatic rings. The number of nitriles is 1. The van der Waals surface area contributed by atoms with Crippen LogP contribution in [-0.4, -0.2) is 43.6 Å². The van der Waals surface area contributed by atoms with E-state index in [9.17, 15) is 10.1 Å². The van der Waals surface area contributed by atoms with Gasteiger partial charge in [-0.05, 0) is 99.0 Å². The van der Waals surface area contributed by atoms with Gasteiger partial charge < -0.3 is 19.3 Å². The minimum absolute atomic E-state index is 0.0927. The Kier molecular flexibility index (Phi) is 9.47. The van der Waals surface area contributed by atoms with E-state index in [4.69, 9.17) is 9.47 Å². The molecule has 0 bridgehead atoms. The Labute approximate surface area is 239 Å². The van der Waals surface area contributed by atoms with E-state index in [0.717, 1.165) is 27.9 Å². The van der Waals surface area contributed by atoms with E-state index in [1.165, 1.54) is 0 Å². The number of rotatable bonds is 8. The zero-order valence-electron chi connectivity index (χ0n) is 20.5. The van der Waals surface area contributed by atoms with Crippen LogP contribution in [0.5, 0.6) is 11.5 Å². The quantitative estimate of drug-likeness (QED) is 0.160. The van der Waals surface area contributed by atoms with Gasteiger partial charge in [-0.2, -0.15) is 5.26 Å². The number of ether oxygens (including phenoxy) is 2. The summed E-state index contributed by atoms with van der Waals surface area (Å²) >= 11 is 5.86. The molecule has 0 saturated carbocycles. The van der Waals surface area contributed by atoms with Gasteiger partial charge in [0.15, 0.2) is 11.5 Å². The van der Waals surface area contributed by atoms with Crippen LogP contribution in [-0.2, 0) is 11.4 Å². The van der Waals surface area contributed by atoms with Crippen LogP contribution in [0, 0.1) is 14.9 Å². The lowest BCUT2D eigenvalue weighted by molar-refractivity contribution is -0.126. The van der Waals surface area contributed by atoms with Gasteiger partial charge >= 0.3 is 0 Å². The monoisotopic (exact) mass is 671 g/mol. The highest BCUT2D eigenvalue weighted by atomic mass is 127. The molecule has 1 fully saturated rings. The maximum Gasteiger partial charge on any atom is 0.264 e. The summed E-state index contributed by atoms with van der Waals surface area (Å²) in [5, 5.41) is 9.80. The average Bonchev–Trinajstić information content (AvgIpc) is 2.92. The fraction of sp³-hybridized carbons (Fsp3) is 0.241. The molecule has 3 aromatic rings. The maximum atomic E-state index is 13.2. The molecule has 8 heteroatoms. The van der Waals surface area contributed by atoms with E-state index in [0.29, 0.717) is 47.8 Å². The maximum absolute atomic E-state index is 13.2. The van der Waals surface area contributed by atoms with E-state index in [1.54, 1.807) is 17.0 Å². The van der Waals surface area contributed by atoms with Crippen molar-refractivity contribution in [3.8, 4) is 17.6 Å². The van der Waals surface area contributed by atoms with Crippen LogP contribution in [0.15, 0.2) is 76.8 Å². The third-order valence-corrected chi connectivity index (χ3v) is 7.29. The molecule has 1 amide bonds. The number of nitrogens with zero attached hydrogens (tertiary/aromatic N) is 3. The molecular formula is C29H27BrIN3O3. The van der Waals surface area contributed by atoms with E-state index in [2.05, 4.69) is 61.6 Å². The SMILES string of the molecule is CCOc1cc(/C=C(/C#N)C(=O)N2CCN(c3ccccc3)CC2)cc(Br)c1OCc1ccc(I)cc1. The summed E-state index contributed by atoms with van der Waals surface area (Å²) < 4.78 is 13.8. The minimum atomic E-state index is -0.261. The second-order valence-electron chi connectivity index (χ2n) is 8.46. The van der Waals surface area contributed by atoms with Crippen molar-refractivity contribution in [2.75, 3.05) is 37.7 Å². The van der Waals surface area contributed by atoms with Gasteiger partial charge in [-0.3, -0.25) is 4.79 Å². The number of anilines is 1. The molecule has 0 N–H and O–H groups in total. The van der Waals surface area contributed by atoms with Crippen LogP contribution in [0.2, 0.25) is 0 Å². The van der Waals surface area contributed by atoms with Crippen molar-refractivity contribution in [2.24, 2.45) is 0 Å². The number of halogens is 2. The fourth-order valence-corrected chi connectivity index (χ4v) is 5.03. The Bertz CT molecular complexity index is 1300. The third kappa shape index (κ3) is 7.05. The highest BCUT2D eigenvalue weighted by molar-refractivity contribution is 14.1. The summed E-state index contributed by atoms with van der Waals surface area (Å²) in [6, 6.07) is 24.0. The predicted molar refractivity (Wildman–Crippen MR) is 158 cm³/mol. The number of carbonyl (C=O) groups is 1. The summed E-state index contributed by atoms with van der Waals surface area (Å²) in [6.45, 7) is 5.32. The smallest absolute Gasteiger partial charge is 0.264 e. The van der Waals surface area contributed by atoms with E-state index in [1.807, 2.05) is 55.5 Å². The van der Waals surface area contributed by atoms with Crippen molar-refractivity contribution in [3.63, 3.8) is 0 Å². The predicted octanol–water partition coefficient (Wildman–Crippen LogP) is 6.29. The first-order valence-corrected chi connectivity index (χ1v) is 13.9. The first-order chi connectivity index (χ1) is 18.0. The Balaban J connectivity index is 1.48. The van der Waals surface area contributed by atoms with E-state index >= 15 is 0 Å². The minimum Gasteiger partial charge on any atom is -0.490 e. The largest absolute Gasteiger partial charge is 0.490 e. The van der Waals surface area contributed by atoms with Crippen LogP contribution in [0.4, 0.5) is 5.69 Å². The highest BCUT2D eigenvalue weighted by Crippen LogP contribution is 2.38. The molecule has 1 aliphatic heterocycles. The van der Waals surface area contributed by atoms with Crippen molar-refractivity contribution < 1.29 is 14.3 Å². The van der Waals surface area contributed by atoms with Crippen LogP contribution in [0.3, 0.4) is 0 Å². The van der Waals surface area contributed by atoms with Gasteiger partial charge in [0.05, 0.1) is 11.1 Å². The molecular weight excluding hydrogens is 645 g/mol. The molecule has 3 aromatic carbocycles. The molecule has 0 atom stereocenters. The van der Waals surface area contributed by atoms with Crippen LogP contribution in [0.25, 0.3) is 6.08 Å². The summed E-state index contributed by atoms with van der Waals surface area (Å²) in [7, 11) is 0. The first-order valence-electron chi connectivity index (χ1n) is 12.0. The molecule has 0 unspecified atom stereocenters. The fourth-order valence-electron chi connectivity index (χ4n) is 4.10. The molecule has 190 valence electrons. The zero-order valence-corrected chi connectivity index (χ0v) is 24.2. The zero-order chi connectivity index (χ0) is 26.2. The van der Waals surface area contributed by atoms with Gasteiger partial charge in [0.2, 0.25) is 0 Å². The second-order valence-corrected chi connectivity index (χ2v) is 10.6. The lowest BCUT2D eigenvalue weighted by Gasteiger charge is -2.36. The first kappa shape index (κ1) is 27.0. The van der Waals surface area contributed by atoms with Gasteiger partial charge in [-0.1, -0.05) is 30.3 Å². The lowest BCUT2D eigenvalue weighted by Crippen LogP contribution is -2.49. The molecule has 37 heavy (non-hydrogen) atoms. The number of hydrogen-bond donors (Lipinski definition) is 0. The second kappa shape index (κ2) is 13.0. The van der Waals surface area contributed by atoms with Gasteiger partial charge in [0.1, 0.15) is 18.2 Å². The normalized spacial score (nSPS) is 13.7. The molecule has 0 spiro atoms.